The summed E-state index contributed by atoms with van der Waals surface area (Å²) < 4.78 is 1.88. The first-order chi connectivity index (χ1) is 20.8. The lowest BCUT2D eigenvalue weighted by molar-refractivity contribution is -0.384. The minimum Gasteiger partial charge on any atom is -0.394 e. The quantitative estimate of drug-likeness (QED) is 0.0763. The zero-order valence-electron chi connectivity index (χ0n) is 24.5. The molecule has 43 heavy (non-hydrogen) atoms. The highest BCUT2D eigenvalue weighted by Crippen LogP contribution is 2.55. The lowest BCUT2D eigenvalue weighted by atomic mass is 10.0. The number of aliphatic hydroxyl groups is 2. The van der Waals surface area contributed by atoms with Crippen molar-refractivity contribution in [3.8, 4) is 0 Å². The lowest BCUT2D eigenvalue weighted by Gasteiger charge is -2.26. The van der Waals surface area contributed by atoms with E-state index in [1.165, 1.54) is 40.2 Å². The number of aliphatic hydroxyl groups excluding tert-OH is 2. The molecule has 1 heterocycles. The number of aromatic nitrogens is 2. The molecule has 4 rings (SSSR count). The summed E-state index contributed by atoms with van der Waals surface area (Å²) in [6.07, 6.45) is 9.03. The number of nitro benzene ring substituents is 1. The molecule has 3 aromatic carbocycles. The maximum Gasteiger partial charge on any atom is 0.269 e. The summed E-state index contributed by atoms with van der Waals surface area (Å²) >= 11 is 0. The SMILES string of the molecule is Cn1cc([P+](CCCCCCCC(=O)NC(CO)C(O)c2ccc([N+](=O)[O-])cc2)(c2ccccc2)c2ccccc2)cn1. The van der Waals surface area contributed by atoms with Crippen LogP contribution in [0.2, 0.25) is 0 Å². The third kappa shape index (κ3) is 8.14. The average Bonchev–Trinajstić information content (AvgIpc) is 3.48. The Morgan fingerprint density at radius 3 is 2.02 bits per heavy atom. The van der Waals surface area contributed by atoms with Crippen molar-refractivity contribution in [2.75, 3.05) is 12.8 Å². The third-order valence-corrected chi connectivity index (χ3v) is 12.3. The number of amides is 1. The molecule has 4 aromatic rings. The number of hydrogen-bond acceptors (Lipinski definition) is 6. The predicted molar refractivity (Wildman–Crippen MR) is 172 cm³/mol. The fraction of sp³-hybridized carbons (Fsp3) is 0.333. The second-order valence-corrected chi connectivity index (χ2v) is 14.4. The summed E-state index contributed by atoms with van der Waals surface area (Å²) in [6, 6.07) is 26.1. The third-order valence-electron chi connectivity index (χ3n) is 7.79. The summed E-state index contributed by atoms with van der Waals surface area (Å²) in [7, 11) is 0.0677. The highest BCUT2D eigenvalue weighted by Gasteiger charge is 2.45. The van der Waals surface area contributed by atoms with E-state index in [0.717, 1.165) is 31.8 Å². The van der Waals surface area contributed by atoms with Crippen LogP contribution in [-0.4, -0.2) is 49.6 Å². The van der Waals surface area contributed by atoms with Gasteiger partial charge in [0.25, 0.3) is 5.69 Å². The van der Waals surface area contributed by atoms with Gasteiger partial charge in [-0.15, -0.1) is 0 Å². The van der Waals surface area contributed by atoms with Gasteiger partial charge in [-0.05, 0) is 61.2 Å². The van der Waals surface area contributed by atoms with E-state index in [0.29, 0.717) is 18.4 Å². The van der Waals surface area contributed by atoms with Crippen molar-refractivity contribution in [1.82, 2.24) is 15.1 Å². The van der Waals surface area contributed by atoms with Crippen LogP contribution in [0.3, 0.4) is 0 Å². The van der Waals surface area contributed by atoms with Gasteiger partial charge in [0.05, 0.1) is 36.1 Å². The fourth-order valence-corrected chi connectivity index (χ4v) is 9.84. The van der Waals surface area contributed by atoms with Gasteiger partial charge in [0.1, 0.15) is 29.3 Å². The molecule has 0 saturated heterocycles. The fourth-order valence-electron chi connectivity index (χ4n) is 5.50. The molecule has 1 amide bonds. The number of carbonyl (C=O) groups is 1. The van der Waals surface area contributed by atoms with Crippen molar-refractivity contribution in [3.63, 3.8) is 0 Å². The number of hydrogen-bond donors (Lipinski definition) is 3. The maximum absolute atomic E-state index is 12.6. The number of unbranched alkanes of at least 4 members (excludes halogenated alkanes) is 4. The minimum absolute atomic E-state index is 0.0923. The number of benzene rings is 3. The monoisotopic (exact) mass is 603 g/mol. The molecule has 1 aromatic heterocycles. The summed E-state index contributed by atoms with van der Waals surface area (Å²) in [5.74, 6) is -0.241. The second-order valence-electron chi connectivity index (χ2n) is 10.7. The number of carbonyl (C=O) groups excluding carboxylic acids is 1. The molecule has 2 unspecified atom stereocenters. The highest BCUT2D eigenvalue weighted by atomic mass is 31.2. The molecule has 9 nitrogen and oxygen atoms in total. The van der Waals surface area contributed by atoms with Gasteiger partial charge in [-0.1, -0.05) is 49.2 Å². The average molecular weight is 604 g/mol. The Bertz CT molecular complexity index is 1410. The number of rotatable bonds is 16. The first-order valence-corrected chi connectivity index (χ1v) is 16.6. The van der Waals surface area contributed by atoms with E-state index in [9.17, 15) is 25.1 Å². The van der Waals surface area contributed by atoms with Crippen molar-refractivity contribution >= 4 is 34.8 Å². The van der Waals surface area contributed by atoms with Crippen LogP contribution in [-0.2, 0) is 11.8 Å². The van der Waals surface area contributed by atoms with Gasteiger partial charge < -0.3 is 15.5 Å². The molecule has 0 aliphatic carbocycles. The minimum atomic E-state index is -1.89. The molecule has 0 saturated carbocycles. The van der Waals surface area contributed by atoms with Crippen molar-refractivity contribution in [3.05, 3.63) is 113 Å². The van der Waals surface area contributed by atoms with Gasteiger partial charge in [0.2, 0.25) is 5.91 Å². The van der Waals surface area contributed by atoms with Crippen molar-refractivity contribution in [1.29, 1.82) is 0 Å². The summed E-state index contributed by atoms with van der Waals surface area (Å²) in [5.41, 5.74) is 0.298. The van der Waals surface area contributed by atoms with Crippen molar-refractivity contribution < 1.29 is 19.9 Å². The molecule has 10 heteroatoms. The Hall–Kier alpha value is -3.91. The van der Waals surface area contributed by atoms with Crippen LogP contribution < -0.4 is 21.2 Å². The molecular formula is C33H40N4O5P+. The molecule has 0 fully saturated rings. The van der Waals surface area contributed by atoms with Crippen LogP contribution >= 0.6 is 7.26 Å². The Morgan fingerprint density at radius 1 is 0.907 bits per heavy atom. The Kier molecular flexibility index (Phi) is 11.6. The van der Waals surface area contributed by atoms with Gasteiger partial charge in [0, 0.05) is 25.6 Å². The van der Waals surface area contributed by atoms with Gasteiger partial charge >= 0.3 is 0 Å². The summed E-state index contributed by atoms with van der Waals surface area (Å²) in [6.45, 7) is -0.450. The topological polar surface area (TPSA) is 131 Å². The lowest BCUT2D eigenvalue weighted by Crippen LogP contribution is -2.41. The Balaban J connectivity index is 1.29. The van der Waals surface area contributed by atoms with Crippen LogP contribution in [0.15, 0.2) is 97.3 Å². The molecule has 0 aliphatic rings. The number of non-ortho nitro benzene ring substituents is 1. The van der Waals surface area contributed by atoms with Crippen LogP contribution in [0, 0.1) is 10.1 Å². The van der Waals surface area contributed by atoms with E-state index < -0.39 is 30.9 Å². The number of nitrogens with one attached hydrogen (secondary N) is 1. The largest absolute Gasteiger partial charge is 0.394 e. The second kappa shape index (κ2) is 15.5. The van der Waals surface area contributed by atoms with E-state index in [4.69, 9.17) is 0 Å². The molecule has 0 spiro atoms. The standard InChI is InChI=1S/C33H39N4O5P/c1-36-24-30(23-34-36)43(28-13-7-5-8-14-28,29-15-9-6-10-16-29)22-12-4-2-3-11-17-32(39)35-31(25-38)33(40)26-18-20-27(21-19-26)37(41)42/h5-10,13-16,18-21,23-24,31,33,38,40H,2-4,11-12,17,22,25H2,1H3/p+1. The van der Waals surface area contributed by atoms with Gasteiger partial charge in [-0.25, -0.2) is 0 Å². The van der Waals surface area contributed by atoms with Crippen molar-refractivity contribution in [2.45, 2.75) is 50.7 Å². The predicted octanol–water partition coefficient (Wildman–Crippen LogP) is 4.17. The zero-order chi connectivity index (χ0) is 30.7. The summed E-state index contributed by atoms with van der Waals surface area (Å²) in [5, 5.41) is 42.4. The smallest absolute Gasteiger partial charge is 0.269 e. The normalized spacial score (nSPS) is 12.9. The first kappa shape index (κ1) is 32.0. The van der Waals surface area contributed by atoms with Crippen LogP contribution in [0.5, 0.6) is 0 Å². The molecule has 0 radical (unpaired) electrons. The Labute approximate surface area is 253 Å². The molecule has 2 atom stereocenters. The molecular weight excluding hydrogens is 563 g/mol. The first-order valence-electron chi connectivity index (χ1n) is 14.7. The van der Waals surface area contributed by atoms with Gasteiger partial charge in [-0.3, -0.25) is 19.6 Å². The maximum atomic E-state index is 12.6. The van der Waals surface area contributed by atoms with E-state index in [2.05, 4.69) is 77.3 Å². The van der Waals surface area contributed by atoms with Crippen LogP contribution in [0.25, 0.3) is 0 Å². The highest BCUT2D eigenvalue weighted by molar-refractivity contribution is 7.95. The van der Waals surface area contributed by atoms with E-state index in [1.54, 1.807) is 0 Å². The molecule has 0 aliphatic heterocycles. The number of aryl methyl sites for hydroxylation is 1. The Morgan fingerprint density at radius 2 is 1.49 bits per heavy atom. The number of nitro groups is 1. The van der Waals surface area contributed by atoms with E-state index in [-0.39, 0.29) is 11.6 Å². The molecule has 226 valence electrons. The van der Waals surface area contributed by atoms with Gasteiger partial charge in [-0.2, -0.15) is 5.10 Å². The molecule has 3 N–H and O–H groups in total. The van der Waals surface area contributed by atoms with Gasteiger partial charge in [0.15, 0.2) is 0 Å². The van der Waals surface area contributed by atoms with Crippen LogP contribution in [0.1, 0.15) is 50.2 Å². The van der Waals surface area contributed by atoms with Crippen LogP contribution in [0.4, 0.5) is 5.69 Å². The number of nitrogens with zero attached hydrogens (tertiary/aromatic N) is 3. The van der Waals surface area contributed by atoms with Crippen molar-refractivity contribution in [2.24, 2.45) is 7.05 Å². The molecule has 0 bridgehead atoms. The summed E-state index contributed by atoms with van der Waals surface area (Å²) in [4.78, 5) is 22.9. The van der Waals surface area contributed by atoms with E-state index >= 15 is 0 Å². The zero-order valence-corrected chi connectivity index (χ0v) is 25.4. The van der Waals surface area contributed by atoms with E-state index in [1.807, 2.05) is 17.9 Å².